The van der Waals surface area contributed by atoms with E-state index in [0.29, 0.717) is 27.1 Å². The van der Waals surface area contributed by atoms with Gasteiger partial charge in [-0.05, 0) is 73.5 Å². The first-order chi connectivity index (χ1) is 23.7. The number of hydrogen-bond donors (Lipinski definition) is 5. The normalized spacial score (nSPS) is 11.8. The van der Waals surface area contributed by atoms with E-state index in [1.54, 1.807) is 68.4 Å². The predicted molar refractivity (Wildman–Crippen MR) is 201 cm³/mol. The lowest BCUT2D eigenvalue weighted by atomic mass is 10.1. The number of nitrogens with two attached hydrogens (primary N) is 3. The molecule has 5 rings (SSSR count). The van der Waals surface area contributed by atoms with Gasteiger partial charge in [0.05, 0.1) is 50.4 Å². The van der Waals surface area contributed by atoms with E-state index in [4.69, 9.17) is 21.9 Å². The predicted octanol–water partition coefficient (Wildman–Crippen LogP) is 4.84. The van der Waals surface area contributed by atoms with Crippen LogP contribution in [0.2, 0.25) is 0 Å². The number of anilines is 3. The van der Waals surface area contributed by atoms with Gasteiger partial charge in [0.25, 0.3) is 11.8 Å². The van der Waals surface area contributed by atoms with Crippen LogP contribution in [0, 0.1) is 0 Å². The topological polar surface area (TPSA) is 235 Å². The first-order valence-corrected chi connectivity index (χ1v) is 20.4. The molecule has 3 heterocycles. The first kappa shape index (κ1) is 39.1. The lowest BCUT2D eigenvalue weighted by molar-refractivity contribution is -0.0276. The van der Waals surface area contributed by atoms with Gasteiger partial charge in [-0.15, -0.1) is 22.7 Å². The van der Waals surface area contributed by atoms with E-state index in [9.17, 15) is 31.5 Å². The average molecular weight is 772 g/mol. The van der Waals surface area contributed by atoms with Gasteiger partial charge in [0, 0.05) is 22.3 Å². The Hall–Kier alpha value is -4.65. The molecule has 8 N–H and O–H groups in total. The number of thiophene rings is 2. The SMILES string of the molecule is CC(C)(O)COCc1cccc(Nc2sc(-c3ccc(S(C)(=O)=O)cc3)cc2C(N)=O)n1.CS(=O)(=O)c1ccc(-c2cc(C(N)=O)c(N)s2)cc1. The number of aromatic nitrogens is 1. The number of nitrogen functional groups attached to an aromatic ring is 1. The van der Waals surface area contributed by atoms with Crippen molar-refractivity contribution in [3.8, 4) is 20.9 Å². The lowest BCUT2D eigenvalue weighted by Crippen LogP contribution is -2.25. The van der Waals surface area contributed by atoms with Crippen molar-refractivity contribution < 1.29 is 36.3 Å². The van der Waals surface area contributed by atoms with Crippen LogP contribution in [0.15, 0.2) is 88.7 Å². The zero-order valence-corrected chi connectivity index (χ0v) is 31.3. The maximum Gasteiger partial charge on any atom is 0.251 e. The number of benzene rings is 2. The van der Waals surface area contributed by atoms with Crippen molar-refractivity contribution in [1.29, 1.82) is 0 Å². The van der Waals surface area contributed by atoms with Crippen LogP contribution in [-0.4, -0.2) is 63.5 Å². The number of nitrogens with zero attached hydrogens (tertiary/aromatic N) is 1. The van der Waals surface area contributed by atoms with Crippen LogP contribution in [0.1, 0.15) is 40.3 Å². The molecule has 2 amide bonds. The first-order valence-electron chi connectivity index (χ1n) is 15.0. The van der Waals surface area contributed by atoms with E-state index >= 15 is 0 Å². The smallest absolute Gasteiger partial charge is 0.251 e. The standard InChI is InChI=1S/C22H25N3O5S2.C12H12N2O3S2/c1-22(2,27)13-30-12-15-5-4-6-19(24-15)25-21-17(20(23)26)11-18(31-21)14-7-9-16(10-8-14)32(3,28)29;1-19(16,17)8-4-2-7(3-5-8)10-6-9(11(13)15)12(14)18-10/h4-11,27H,12-13H2,1-3H3,(H2,23,26)(H,24,25);2-6H,14H2,1H3,(H2,13,15). The number of ether oxygens (including phenoxy) is 1. The number of aliphatic hydroxyl groups is 1. The van der Waals surface area contributed by atoms with Crippen LogP contribution >= 0.6 is 22.7 Å². The summed E-state index contributed by atoms with van der Waals surface area (Å²) in [5.41, 5.74) is 18.3. The molecule has 0 fully saturated rings. The lowest BCUT2D eigenvalue weighted by Gasteiger charge is -2.16. The van der Waals surface area contributed by atoms with Crippen LogP contribution in [-0.2, 0) is 31.0 Å². The Bertz CT molecular complexity index is 2260. The van der Waals surface area contributed by atoms with E-state index in [0.717, 1.165) is 33.4 Å². The van der Waals surface area contributed by atoms with E-state index in [1.807, 2.05) is 0 Å². The molecule has 0 spiro atoms. The number of rotatable bonds is 12. The number of hydrogen-bond acceptors (Lipinski definition) is 13. The van der Waals surface area contributed by atoms with Gasteiger partial charge in [-0.1, -0.05) is 30.3 Å². The summed E-state index contributed by atoms with van der Waals surface area (Å²) in [5.74, 6) is -0.655. The van der Waals surface area contributed by atoms with Gasteiger partial charge in [0.2, 0.25) is 0 Å². The Morgan fingerprint density at radius 1 is 0.804 bits per heavy atom. The van der Waals surface area contributed by atoms with Gasteiger partial charge in [-0.25, -0.2) is 21.8 Å². The maximum atomic E-state index is 12.0. The van der Waals surface area contributed by atoms with Crippen molar-refractivity contribution in [2.45, 2.75) is 35.8 Å². The van der Waals surface area contributed by atoms with E-state index in [-0.39, 0.29) is 28.6 Å². The summed E-state index contributed by atoms with van der Waals surface area (Å²) in [6, 6.07) is 21.5. The molecule has 51 heavy (non-hydrogen) atoms. The quantitative estimate of drug-likeness (QED) is 0.115. The molecule has 0 atom stereocenters. The van der Waals surface area contributed by atoms with Gasteiger partial charge < -0.3 is 32.4 Å². The molecule has 270 valence electrons. The minimum atomic E-state index is -3.29. The number of sulfone groups is 2. The highest BCUT2D eigenvalue weighted by Crippen LogP contribution is 2.37. The van der Waals surface area contributed by atoms with E-state index in [2.05, 4.69) is 10.3 Å². The van der Waals surface area contributed by atoms with Crippen molar-refractivity contribution in [2.24, 2.45) is 11.5 Å². The highest BCUT2D eigenvalue weighted by molar-refractivity contribution is 7.91. The second-order valence-corrected chi connectivity index (χ2v) is 18.2. The summed E-state index contributed by atoms with van der Waals surface area (Å²) in [6.07, 6.45) is 2.30. The molecule has 0 unspecified atom stereocenters. The largest absolute Gasteiger partial charge is 0.390 e. The molecule has 0 aliphatic carbocycles. The number of amides is 2. The van der Waals surface area contributed by atoms with Crippen molar-refractivity contribution in [2.75, 3.05) is 30.2 Å². The minimum absolute atomic E-state index is 0.171. The van der Waals surface area contributed by atoms with Crippen LogP contribution in [0.3, 0.4) is 0 Å². The summed E-state index contributed by atoms with van der Waals surface area (Å²) in [7, 11) is -6.51. The number of nitrogens with one attached hydrogen (secondary N) is 1. The summed E-state index contributed by atoms with van der Waals surface area (Å²) in [6.45, 7) is 3.72. The molecule has 2 aromatic carbocycles. The maximum absolute atomic E-state index is 12.0. The summed E-state index contributed by atoms with van der Waals surface area (Å²) in [5, 5.41) is 13.8. The van der Waals surface area contributed by atoms with Gasteiger partial charge >= 0.3 is 0 Å². The second-order valence-electron chi connectivity index (χ2n) is 12.0. The Labute approximate surface area is 304 Å². The van der Waals surface area contributed by atoms with Crippen molar-refractivity contribution in [3.05, 3.63) is 95.7 Å². The Morgan fingerprint density at radius 2 is 1.29 bits per heavy atom. The van der Waals surface area contributed by atoms with Crippen LogP contribution in [0.25, 0.3) is 20.9 Å². The molecule has 0 bridgehead atoms. The molecule has 0 radical (unpaired) electrons. The average Bonchev–Trinajstić information content (AvgIpc) is 3.64. The number of carbonyl (C=O) groups is 2. The van der Waals surface area contributed by atoms with E-state index in [1.165, 1.54) is 46.9 Å². The molecule has 0 saturated carbocycles. The number of carbonyl (C=O) groups excluding carboxylic acids is 2. The van der Waals surface area contributed by atoms with Gasteiger partial charge in [-0.2, -0.15) is 0 Å². The Balaban J connectivity index is 0.000000261. The molecular weight excluding hydrogens is 735 g/mol. The van der Waals surface area contributed by atoms with Crippen LogP contribution in [0.5, 0.6) is 0 Å². The molecule has 0 saturated heterocycles. The summed E-state index contributed by atoms with van der Waals surface area (Å²) in [4.78, 5) is 29.6. The second kappa shape index (κ2) is 15.7. The fourth-order valence-electron chi connectivity index (χ4n) is 4.43. The Morgan fingerprint density at radius 3 is 1.75 bits per heavy atom. The number of pyridine rings is 1. The zero-order chi connectivity index (χ0) is 37.7. The summed E-state index contributed by atoms with van der Waals surface area (Å²) < 4.78 is 51.5. The molecule has 0 aliphatic rings. The molecule has 0 aliphatic heterocycles. The molecule has 3 aromatic heterocycles. The molecule has 17 heteroatoms. The van der Waals surface area contributed by atoms with Gasteiger partial charge in [0.15, 0.2) is 19.7 Å². The van der Waals surface area contributed by atoms with Crippen molar-refractivity contribution >= 4 is 70.0 Å². The fraction of sp³-hybridized carbons (Fsp3) is 0.206. The number of primary amides is 2. The van der Waals surface area contributed by atoms with Crippen molar-refractivity contribution in [1.82, 2.24) is 4.98 Å². The zero-order valence-electron chi connectivity index (χ0n) is 28.0. The third-order valence-electron chi connectivity index (χ3n) is 6.91. The molecular formula is C34H37N5O8S4. The summed E-state index contributed by atoms with van der Waals surface area (Å²) >= 11 is 2.55. The molecule has 13 nitrogen and oxygen atoms in total. The van der Waals surface area contributed by atoms with Crippen LogP contribution in [0.4, 0.5) is 15.8 Å². The third-order valence-corrected chi connectivity index (χ3v) is 11.3. The van der Waals surface area contributed by atoms with Gasteiger partial charge in [-0.3, -0.25) is 9.59 Å². The third kappa shape index (κ3) is 10.9. The highest BCUT2D eigenvalue weighted by Gasteiger charge is 2.18. The van der Waals surface area contributed by atoms with Gasteiger partial charge in [0.1, 0.15) is 10.8 Å². The Kier molecular flexibility index (Phi) is 12.1. The van der Waals surface area contributed by atoms with Crippen LogP contribution < -0.4 is 22.5 Å². The van der Waals surface area contributed by atoms with E-state index < -0.39 is 37.1 Å². The molecule has 5 aromatic rings. The minimum Gasteiger partial charge on any atom is -0.390 e. The monoisotopic (exact) mass is 771 g/mol. The van der Waals surface area contributed by atoms with Crippen molar-refractivity contribution in [3.63, 3.8) is 0 Å². The highest BCUT2D eigenvalue weighted by atomic mass is 32.2. The fourth-order valence-corrected chi connectivity index (χ4v) is 7.71.